The van der Waals surface area contributed by atoms with Crippen LogP contribution in [0.2, 0.25) is 10.0 Å². The molecule has 0 saturated carbocycles. The molecule has 0 spiro atoms. The van der Waals surface area contributed by atoms with Crippen molar-refractivity contribution in [2.24, 2.45) is 0 Å². The number of piperazine rings is 1. The highest BCUT2D eigenvalue weighted by atomic mass is 35.5. The van der Waals surface area contributed by atoms with E-state index in [1.54, 1.807) is 24.7 Å². The monoisotopic (exact) mass is 602 g/mol. The average Bonchev–Trinajstić information content (AvgIpc) is 3.63. The Hall–Kier alpha value is -3.02. The molecule has 10 nitrogen and oxygen atoms in total. The second kappa shape index (κ2) is 13.8. The van der Waals surface area contributed by atoms with Gasteiger partial charge in [0.2, 0.25) is 5.79 Å². The van der Waals surface area contributed by atoms with Crippen molar-refractivity contribution in [3.8, 4) is 5.75 Å². The summed E-state index contributed by atoms with van der Waals surface area (Å²) in [4.78, 5) is 20.4. The van der Waals surface area contributed by atoms with Gasteiger partial charge in [0.15, 0.2) is 0 Å². The summed E-state index contributed by atoms with van der Waals surface area (Å²) in [5, 5.41) is 6.66. The molecular formula is C29H36Cl2N6O4. The predicted molar refractivity (Wildman–Crippen MR) is 159 cm³/mol. The van der Waals surface area contributed by atoms with Gasteiger partial charge in [-0.15, -0.1) is 0 Å². The number of nitrogens with one attached hydrogen (secondary N) is 2. The van der Waals surface area contributed by atoms with Crippen LogP contribution in [0.5, 0.6) is 5.75 Å². The number of rotatable bonds is 11. The molecule has 0 bridgehead atoms. The van der Waals surface area contributed by atoms with Gasteiger partial charge in [-0.25, -0.2) is 9.78 Å². The quantitative estimate of drug-likeness (QED) is 0.343. The second-order valence-electron chi connectivity index (χ2n) is 10.1. The van der Waals surface area contributed by atoms with Gasteiger partial charge >= 0.3 is 6.03 Å². The average molecular weight is 604 g/mol. The van der Waals surface area contributed by atoms with Crippen LogP contribution < -0.4 is 20.3 Å². The van der Waals surface area contributed by atoms with Crippen LogP contribution in [0, 0.1) is 0 Å². The lowest BCUT2D eigenvalue weighted by molar-refractivity contribution is -0.189. The van der Waals surface area contributed by atoms with E-state index in [1.165, 1.54) is 0 Å². The number of hydrogen-bond acceptors (Lipinski definition) is 7. The normalized spacial score (nSPS) is 21.1. The number of amides is 2. The van der Waals surface area contributed by atoms with E-state index in [-0.39, 0.29) is 12.1 Å². The van der Waals surface area contributed by atoms with Gasteiger partial charge in [-0.1, -0.05) is 29.3 Å². The number of hydrogen-bond donors (Lipinski definition) is 2. The van der Waals surface area contributed by atoms with Gasteiger partial charge in [0.25, 0.3) is 0 Å². The van der Waals surface area contributed by atoms with Crippen LogP contribution in [0.1, 0.15) is 12.5 Å². The summed E-state index contributed by atoms with van der Waals surface area (Å²) >= 11 is 12.7. The van der Waals surface area contributed by atoms with Crippen LogP contribution in [-0.2, 0) is 21.8 Å². The topological polar surface area (TPSA) is 93.1 Å². The molecule has 5 rings (SSSR count). The van der Waals surface area contributed by atoms with Gasteiger partial charge in [-0.05, 0) is 43.3 Å². The molecule has 0 radical (unpaired) electrons. The smallest absolute Gasteiger partial charge is 0.314 e. The van der Waals surface area contributed by atoms with E-state index in [2.05, 4.69) is 37.6 Å². The molecule has 2 N–H and O–H groups in total. The molecule has 12 heteroatoms. The number of halogens is 2. The van der Waals surface area contributed by atoms with Crippen molar-refractivity contribution in [1.82, 2.24) is 25.1 Å². The SMILES string of the molecule is CCNC(=O)NCCN1CCN(c2ccc(OCC3COC(Cn4ccnc4)(c4ccc(Cl)cc4Cl)O3)cc2)CC1. The third-order valence-electron chi connectivity index (χ3n) is 7.21. The molecule has 41 heavy (non-hydrogen) atoms. The van der Waals surface area contributed by atoms with Crippen molar-refractivity contribution >= 4 is 34.9 Å². The molecule has 0 aliphatic carbocycles. The van der Waals surface area contributed by atoms with E-state index < -0.39 is 5.79 Å². The molecule has 2 fully saturated rings. The van der Waals surface area contributed by atoms with E-state index in [1.807, 2.05) is 35.9 Å². The predicted octanol–water partition coefficient (Wildman–Crippen LogP) is 3.98. The molecule has 3 heterocycles. The second-order valence-corrected chi connectivity index (χ2v) is 10.9. The first-order valence-corrected chi connectivity index (χ1v) is 14.6. The Morgan fingerprint density at radius 3 is 2.63 bits per heavy atom. The summed E-state index contributed by atoms with van der Waals surface area (Å²) in [5.41, 5.74) is 1.87. The summed E-state index contributed by atoms with van der Waals surface area (Å²) in [6, 6.07) is 13.4. The Kier molecular flexibility index (Phi) is 9.89. The first-order chi connectivity index (χ1) is 19.9. The number of benzene rings is 2. The highest BCUT2D eigenvalue weighted by molar-refractivity contribution is 6.35. The van der Waals surface area contributed by atoms with Crippen molar-refractivity contribution in [1.29, 1.82) is 0 Å². The minimum atomic E-state index is -1.08. The number of carbonyl (C=O) groups excluding carboxylic acids is 1. The van der Waals surface area contributed by atoms with Gasteiger partial charge in [0, 0.05) is 74.5 Å². The fraction of sp³-hybridized carbons (Fsp3) is 0.448. The number of anilines is 1. The summed E-state index contributed by atoms with van der Waals surface area (Å²) in [6.07, 6.45) is 5.00. The van der Waals surface area contributed by atoms with Crippen LogP contribution >= 0.6 is 23.2 Å². The number of nitrogens with zero attached hydrogens (tertiary/aromatic N) is 4. The maximum Gasteiger partial charge on any atom is 0.314 e. The number of aromatic nitrogens is 2. The Bertz CT molecular complexity index is 1270. The fourth-order valence-corrected chi connectivity index (χ4v) is 5.65. The third-order valence-corrected chi connectivity index (χ3v) is 7.76. The maximum absolute atomic E-state index is 11.6. The molecule has 2 aliphatic heterocycles. The molecule has 2 amide bonds. The van der Waals surface area contributed by atoms with E-state index in [0.29, 0.717) is 48.5 Å². The lowest BCUT2D eigenvalue weighted by Crippen LogP contribution is -2.49. The molecule has 2 atom stereocenters. The lowest BCUT2D eigenvalue weighted by atomic mass is 10.1. The minimum absolute atomic E-state index is 0.111. The van der Waals surface area contributed by atoms with E-state index >= 15 is 0 Å². The van der Waals surface area contributed by atoms with Crippen molar-refractivity contribution < 1.29 is 19.0 Å². The van der Waals surface area contributed by atoms with Gasteiger partial charge in [0.1, 0.15) is 18.5 Å². The minimum Gasteiger partial charge on any atom is -0.491 e. The van der Waals surface area contributed by atoms with E-state index in [0.717, 1.165) is 44.2 Å². The van der Waals surface area contributed by atoms with Gasteiger partial charge in [0.05, 0.1) is 24.5 Å². The van der Waals surface area contributed by atoms with Crippen LogP contribution in [0.3, 0.4) is 0 Å². The summed E-state index contributed by atoms with van der Waals surface area (Å²) in [5.74, 6) is -0.315. The fourth-order valence-electron chi connectivity index (χ4n) is 5.10. The van der Waals surface area contributed by atoms with Gasteiger partial charge in [-0.3, -0.25) is 4.90 Å². The third kappa shape index (κ3) is 7.64. The highest BCUT2D eigenvalue weighted by Crippen LogP contribution is 2.40. The van der Waals surface area contributed by atoms with Gasteiger partial charge < -0.3 is 34.3 Å². The number of imidazole rings is 1. The number of carbonyl (C=O) groups is 1. The molecule has 220 valence electrons. The summed E-state index contributed by atoms with van der Waals surface area (Å²) in [7, 11) is 0. The van der Waals surface area contributed by atoms with Crippen molar-refractivity contribution in [3.63, 3.8) is 0 Å². The molecular weight excluding hydrogens is 567 g/mol. The van der Waals surface area contributed by atoms with Gasteiger partial charge in [-0.2, -0.15) is 0 Å². The zero-order valence-electron chi connectivity index (χ0n) is 23.1. The Balaban J connectivity index is 1.12. The standard InChI is InChI=1S/C29H36Cl2N6O4/c1-2-33-28(38)34-10-12-35-13-15-37(16-14-35)23-4-6-24(7-5-23)39-18-25-19-40-29(41-25,20-36-11-9-32-21-36)26-8-3-22(30)17-27(26)31/h3-9,11,17,21,25H,2,10,12-16,18-20H2,1H3,(H2,33,34,38). The first-order valence-electron chi connectivity index (χ1n) is 13.9. The maximum atomic E-state index is 11.6. The zero-order chi connectivity index (χ0) is 28.7. The van der Waals surface area contributed by atoms with Crippen molar-refractivity contribution in [3.05, 3.63) is 76.8 Å². The summed E-state index contributed by atoms with van der Waals surface area (Å²) < 4.78 is 20.7. The molecule has 2 unspecified atom stereocenters. The van der Waals surface area contributed by atoms with Crippen LogP contribution in [0.25, 0.3) is 0 Å². The van der Waals surface area contributed by atoms with Crippen LogP contribution in [-0.4, -0.2) is 85.6 Å². The number of urea groups is 1. The Morgan fingerprint density at radius 2 is 1.93 bits per heavy atom. The zero-order valence-corrected chi connectivity index (χ0v) is 24.6. The van der Waals surface area contributed by atoms with E-state index in [9.17, 15) is 4.79 Å². The van der Waals surface area contributed by atoms with Crippen molar-refractivity contribution in [2.75, 3.05) is 63.9 Å². The highest BCUT2D eigenvalue weighted by Gasteiger charge is 2.45. The van der Waals surface area contributed by atoms with E-state index in [4.69, 9.17) is 37.4 Å². The van der Waals surface area contributed by atoms with Crippen molar-refractivity contribution in [2.45, 2.75) is 25.4 Å². The molecule has 2 saturated heterocycles. The molecule has 2 aliphatic rings. The molecule has 2 aromatic carbocycles. The van der Waals surface area contributed by atoms with Crippen LogP contribution in [0.4, 0.5) is 10.5 Å². The Labute approximate surface area is 250 Å². The first kappa shape index (κ1) is 29.5. The van der Waals surface area contributed by atoms with Crippen LogP contribution in [0.15, 0.2) is 61.2 Å². The summed E-state index contributed by atoms with van der Waals surface area (Å²) in [6.45, 7) is 8.87. The Morgan fingerprint density at radius 1 is 1.12 bits per heavy atom. The largest absolute Gasteiger partial charge is 0.491 e. The molecule has 3 aromatic rings. The number of ether oxygens (including phenoxy) is 3. The molecule has 1 aromatic heterocycles. The lowest BCUT2D eigenvalue weighted by Gasteiger charge is -2.36.